The van der Waals surface area contributed by atoms with Gasteiger partial charge in [0, 0.05) is 25.3 Å². The normalized spacial score (nSPS) is 38.5. The average Bonchev–Trinajstić information content (AvgIpc) is 3.07. The summed E-state index contributed by atoms with van der Waals surface area (Å²) in [4.78, 5) is 32.6. The molecule has 10 nitrogen and oxygen atoms in total. The lowest BCUT2D eigenvalue weighted by atomic mass is 9.75. The summed E-state index contributed by atoms with van der Waals surface area (Å²) in [5, 5.41) is -1.27. The summed E-state index contributed by atoms with van der Waals surface area (Å²) in [5.41, 5.74) is -2.50. The zero-order valence-electron chi connectivity index (χ0n) is 13.7. The van der Waals surface area contributed by atoms with Crippen molar-refractivity contribution in [2.24, 2.45) is 0 Å². The van der Waals surface area contributed by atoms with Crippen LogP contribution in [0.2, 0.25) is 0 Å². The predicted molar refractivity (Wildman–Crippen MR) is 82.1 cm³/mol. The Morgan fingerprint density at radius 1 is 1.19 bits per heavy atom. The minimum Gasteiger partial charge on any atom is -0.468 e. The van der Waals surface area contributed by atoms with Crippen molar-refractivity contribution in [3.05, 3.63) is 12.7 Å². The van der Waals surface area contributed by atoms with Crippen LogP contribution >= 0.6 is 0 Å². The number of fused-ring (bicyclic) bond motifs is 1. The van der Waals surface area contributed by atoms with Gasteiger partial charge in [-0.15, -0.1) is 0 Å². The fourth-order valence-corrected chi connectivity index (χ4v) is 6.28. The quantitative estimate of drug-likeness (QED) is 0.117. The smallest absolute Gasteiger partial charge is 0.330 e. The number of hydrogen-bond acceptors (Lipinski definition) is 10. The van der Waals surface area contributed by atoms with Crippen molar-refractivity contribution in [2.45, 2.75) is 47.9 Å². The van der Waals surface area contributed by atoms with Crippen molar-refractivity contribution in [3.8, 4) is 0 Å². The molecule has 0 radical (unpaired) electrons. The molecule has 5 atom stereocenters. The van der Waals surface area contributed by atoms with Gasteiger partial charge in [-0.25, -0.2) is 4.79 Å². The van der Waals surface area contributed by atoms with Crippen LogP contribution in [0.4, 0.5) is 0 Å². The van der Waals surface area contributed by atoms with Gasteiger partial charge in [-0.05, 0) is 0 Å². The molecule has 144 valence electrons. The van der Waals surface area contributed by atoms with Crippen molar-refractivity contribution in [1.29, 1.82) is 0 Å². The highest BCUT2D eigenvalue weighted by Crippen LogP contribution is 2.62. The molecule has 0 aromatic rings. The standard InChI is InChI=1S/C15H18O10S/c1-2-11(18)23-12-13-15(4-6-22-9-17)10(24-26(13,19)20)7-14(12,25-15)3-5-21-8-16/h2,8-10,12-13H,1,3-7H2. The molecule has 11 heteroatoms. The van der Waals surface area contributed by atoms with E-state index in [4.69, 9.17) is 23.1 Å². The molecule has 0 aliphatic carbocycles. The highest BCUT2D eigenvalue weighted by molar-refractivity contribution is 7.87. The van der Waals surface area contributed by atoms with Gasteiger partial charge in [0.25, 0.3) is 23.1 Å². The molecule has 3 saturated heterocycles. The van der Waals surface area contributed by atoms with Gasteiger partial charge in [-0.1, -0.05) is 6.58 Å². The third-order valence-corrected chi connectivity index (χ3v) is 6.87. The first-order valence-electron chi connectivity index (χ1n) is 7.91. The van der Waals surface area contributed by atoms with E-state index in [9.17, 15) is 22.8 Å². The van der Waals surface area contributed by atoms with Gasteiger partial charge in [0.1, 0.15) is 17.3 Å². The Labute approximate surface area is 149 Å². The maximum Gasteiger partial charge on any atom is 0.330 e. The maximum absolute atomic E-state index is 12.6. The van der Waals surface area contributed by atoms with Crippen LogP contribution in [-0.2, 0) is 47.6 Å². The van der Waals surface area contributed by atoms with Gasteiger partial charge >= 0.3 is 5.97 Å². The summed E-state index contributed by atoms with van der Waals surface area (Å²) < 4.78 is 51.2. The van der Waals surface area contributed by atoms with E-state index in [0.717, 1.165) is 6.08 Å². The van der Waals surface area contributed by atoms with E-state index >= 15 is 0 Å². The number of carbonyl (C=O) groups excluding carboxylic acids is 3. The molecule has 0 saturated carbocycles. The Morgan fingerprint density at radius 3 is 2.46 bits per heavy atom. The third-order valence-electron chi connectivity index (χ3n) is 5.11. The van der Waals surface area contributed by atoms with Crippen LogP contribution in [0.25, 0.3) is 0 Å². The van der Waals surface area contributed by atoms with Gasteiger partial charge in [-0.3, -0.25) is 13.8 Å². The van der Waals surface area contributed by atoms with Crippen molar-refractivity contribution in [3.63, 3.8) is 0 Å². The maximum atomic E-state index is 12.6. The first-order valence-corrected chi connectivity index (χ1v) is 9.38. The van der Waals surface area contributed by atoms with Crippen molar-refractivity contribution >= 4 is 29.0 Å². The molecule has 5 unspecified atom stereocenters. The van der Waals surface area contributed by atoms with Gasteiger partial charge in [0.05, 0.1) is 13.2 Å². The zero-order chi connectivity index (χ0) is 19.0. The van der Waals surface area contributed by atoms with Gasteiger partial charge in [0.15, 0.2) is 11.4 Å². The fraction of sp³-hybridized carbons (Fsp3) is 0.667. The van der Waals surface area contributed by atoms with E-state index in [1.54, 1.807) is 0 Å². The summed E-state index contributed by atoms with van der Waals surface area (Å²) in [7, 11) is -4.09. The lowest BCUT2D eigenvalue weighted by Crippen LogP contribution is -2.54. The lowest BCUT2D eigenvalue weighted by Gasteiger charge is -2.33. The molecule has 0 spiro atoms. The predicted octanol–water partition coefficient (Wildman–Crippen LogP) is -0.781. The van der Waals surface area contributed by atoms with E-state index in [1.807, 2.05) is 0 Å². The minimum atomic E-state index is -4.09. The molecule has 0 aromatic heterocycles. The van der Waals surface area contributed by atoms with Gasteiger partial charge < -0.3 is 18.9 Å². The molecule has 3 aliphatic heterocycles. The number of rotatable bonds is 10. The Bertz CT molecular complexity index is 718. The van der Waals surface area contributed by atoms with Gasteiger partial charge in [-0.2, -0.15) is 8.42 Å². The van der Waals surface area contributed by atoms with Crippen LogP contribution in [0.3, 0.4) is 0 Å². The van der Waals surface area contributed by atoms with E-state index in [0.29, 0.717) is 0 Å². The van der Waals surface area contributed by atoms with Crippen LogP contribution in [0.1, 0.15) is 19.3 Å². The number of carbonyl (C=O) groups is 3. The molecule has 0 aromatic carbocycles. The summed E-state index contributed by atoms with van der Waals surface area (Å²) in [6.07, 6.45) is -0.752. The molecule has 3 aliphatic rings. The van der Waals surface area contributed by atoms with E-state index < -0.39 is 44.7 Å². The van der Waals surface area contributed by atoms with Gasteiger partial charge in [0.2, 0.25) is 0 Å². The topological polar surface area (TPSA) is 132 Å². The molecule has 2 bridgehead atoms. The molecular weight excluding hydrogens is 372 g/mol. The van der Waals surface area contributed by atoms with Crippen LogP contribution in [-0.4, -0.2) is 69.2 Å². The first-order chi connectivity index (χ1) is 12.3. The van der Waals surface area contributed by atoms with Crippen molar-refractivity contribution in [1.82, 2.24) is 0 Å². The van der Waals surface area contributed by atoms with Crippen LogP contribution in [0.5, 0.6) is 0 Å². The van der Waals surface area contributed by atoms with Crippen LogP contribution in [0.15, 0.2) is 12.7 Å². The highest BCUT2D eigenvalue weighted by atomic mass is 32.2. The number of hydrogen-bond donors (Lipinski definition) is 0. The largest absolute Gasteiger partial charge is 0.468 e. The van der Waals surface area contributed by atoms with Crippen molar-refractivity contribution in [2.75, 3.05) is 13.2 Å². The fourth-order valence-electron chi connectivity index (χ4n) is 4.19. The third kappa shape index (κ3) is 2.70. The molecule has 26 heavy (non-hydrogen) atoms. The summed E-state index contributed by atoms with van der Waals surface area (Å²) >= 11 is 0. The Morgan fingerprint density at radius 2 is 1.85 bits per heavy atom. The second kappa shape index (κ2) is 6.63. The minimum absolute atomic E-state index is 0.0496. The number of ether oxygens (including phenoxy) is 4. The SMILES string of the molecule is C=CC(=O)OC1C2C3(CCOC=O)OC1(CCOC=O)CC3OS2(=O)=O. The van der Waals surface area contributed by atoms with Crippen LogP contribution in [0, 0.1) is 0 Å². The molecule has 0 amide bonds. The number of esters is 1. The second-order valence-corrected chi connectivity index (χ2v) is 8.01. The highest BCUT2D eigenvalue weighted by Gasteiger charge is 2.81. The lowest BCUT2D eigenvalue weighted by molar-refractivity contribution is -0.156. The summed E-state index contributed by atoms with van der Waals surface area (Å²) in [6.45, 7) is 3.69. The average molecular weight is 390 g/mol. The van der Waals surface area contributed by atoms with Crippen molar-refractivity contribution < 1.29 is 45.9 Å². The molecule has 3 heterocycles. The zero-order valence-corrected chi connectivity index (χ0v) is 14.5. The molecular formula is C15H18O10S. The monoisotopic (exact) mass is 390 g/mol. The Hall–Kier alpha value is -1.98. The second-order valence-electron chi connectivity index (χ2n) is 6.32. The summed E-state index contributed by atoms with van der Waals surface area (Å²) in [6, 6.07) is 0. The Kier molecular flexibility index (Phi) is 4.80. The van der Waals surface area contributed by atoms with E-state index in [2.05, 4.69) is 6.58 Å². The van der Waals surface area contributed by atoms with Crippen LogP contribution < -0.4 is 0 Å². The molecule has 0 N–H and O–H groups in total. The Balaban J connectivity index is 1.97. The molecule has 3 rings (SSSR count). The van der Waals surface area contributed by atoms with E-state index in [1.165, 1.54) is 0 Å². The molecule has 3 fully saturated rings. The first kappa shape index (κ1) is 18.8. The summed E-state index contributed by atoms with van der Waals surface area (Å²) in [5.74, 6) is -0.806. The van der Waals surface area contributed by atoms with E-state index in [-0.39, 0.29) is 45.4 Å².